The van der Waals surface area contributed by atoms with Crippen molar-refractivity contribution >= 4 is 50.4 Å². The second kappa shape index (κ2) is 9.03. The first-order valence-corrected chi connectivity index (χ1v) is 12.6. The van der Waals surface area contributed by atoms with Crippen LogP contribution in [0.2, 0.25) is 0 Å². The number of fused-ring (bicyclic) bond motifs is 1. The molecule has 1 fully saturated rings. The van der Waals surface area contributed by atoms with E-state index >= 15 is 0 Å². The molecule has 1 aliphatic rings. The number of amides is 2. The highest BCUT2D eigenvalue weighted by Crippen LogP contribution is 2.30. The van der Waals surface area contributed by atoms with Crippen LogP contribution >= 0.6 is 22.7 Å². The van der Waals surface area contributed by atoms with Crippen molar-refractivity contribution in [3.8, 4) is 11.3 Å². The third-order valence-corrected chi connectivity index (χ3v) is 7.59. The molecular formula is C25H24N4O2S2. The topological polar surface area (TPSA) is 75.2 Å². The molecule has 1 N–H and O–H groups in total. The number of aryl methyl sites for hydroxylation is 2. The highest BCUT2D eigenvalue weighted by Gasteiger charge is 2.35. The zero-order valence-electron chi connectivity index (χ0n) is 18.5. The van der Waals surface area contributed by atoms with Gasteiger partial charge >= 0.3 is 0 Å². The van der Waals surface area contributed by atoms with Gasteiger partial charge in [0.1, 0.15) is 0 Å². The Kier molecular flexibility index (Phi) is 5.95. The number of anilines is 1. The molecule has 5 rings (SSSR count). The largest absolute Gasteiger partial charge is 0.355 e. The van der Waals surface area contributed by atoms with Gasteiger partial charge in [-0.15, -0.1) is 22.7 Å². The smallest absolute Gasteiger partial charge is 0.227 e. The van der Waals surface area contributed by atoms with Gasteiger partial charge in [-0.3, -0.25) is 9.59 Å². The molecule has 1 saturated heterocycles. The summed E-state index contributed by atoms with van der Waals surface area (Å²) in [6, 6.07) is 14.2. The van der Waals surface area contributed by atoms with Crippen molar-refractivity contribution < 1.29 is 9.59 Å². The summed E-state index contributed by atoms with van der Waals surface area (Å²) in [4.78, 5) is 36.0. The standard InChI is InChI=1S/C25H24N4O2S2/c1-15-27-22(14-32-15)18-5-3-17(4-6-18)9-10-26-25(31)19-11-24(30)29(13-19)20-7-8-23-21(12-20)28-16(2)33-23/h3-8,12,14,19H,9-11,13H2,1-2H3,(H,26,31). The summed E-state index contributed by atoms with van der Waals surface area (Å²) in [5.74, 6) is -0.416. The van der Waals surface area contributed by atoms with Crippen LogP contribution in [0.1, 0.15) is 22.0 Å². The molecule has 0 spiro atoms. The number of nitrogens with zero attached hydrogens (tertiary/aromatic N) is 3. The molecule has 4 aromatic rings. The number of carbonyl (C=O) groups excluding carboxylic acids is 2. The first-order chi connectivity index (χ1) is 16.0. The van der Waals surface area contributed by atoms with E-state index in [-0.39, 0.29) is 24.2 Å². The van der Waals surface area contributed by atoms with Crippen LogP contribution in [-0.4, -0.2) is 34.9 Å². The van der Waals surface area contributed by atoms with Gasteiger partial charge in [0.2, 0.25) is 11.8 Å². The molecule has 1 atom stereocenters. The molecule has 0 bridgehead atoms. The highest BCUT2D eigenvalue weighted by molar-refractivity contribution is 7.18. The van der Waals surface area contributed by atoms with Crippen LogP contribution in [0.25, 0.3) is 21.5 Å². The number of hydrogen-bond donors (Lipinski definition) is 1. The minimum absolute atomic E-state index is 0.0192. The molecule has 168 valence electrons. The normalized spacial score (nSPS) is 16.0. The molecule has 0 radical (unpaired) electrons. The number of hydrogen-bond acceptors (Lipinski definition) is 6. The van der Waals surface area contributed by atoms with Crippen LogP contribution in [0.15, 0.2) is 47.8 Å². The third kappa shape index (κ3) is 4.67. The third-order valence-electron chi connectivity index (χ3n) is 5.87. The number of carbonyl (C=O) groups is 2. The summed E-state index contributed by atoms with van der Waals surface area (Å²) in [7, 11) is 0. The Morgan fingerprint density at radius 3 is 2.70 bits per heavy atom. The Labute approximate surface area is 200 Å². The lowest BCUT2D eigenvalue weighted by molar-refractivity contribution is -0.126. The molecule has 3 heterocycles. The zero-order valence-corrected chi connectivity index (χ0v) is 20.1. The van der Waals surface area contributed by atoms with Crippen LogP contribution in [0.3, 0.4) is 0 Å². The molecule has 1 aliphatic heterocycles. The molecule has 1 unspecified atom stereocenters. The van der Waals surface area contributed by atoms with Crippen LogP contribution in [0.5, 0.6) is 0 Å². The van der Waals surface area contributed by atoms with E-state index in [0.717, 1.165) is 49.2 Å². The van der Waals surface area contributed by atoms with Crippen LogP contribution in [0, 0.1) is 19.8 Å². The van der Waals surface area contributed by atoms with Crippen molar-refractivity contribution in [2.45, 2.75) is 26.7 Å². The van der Waals surface area contributed by atoms with Gasteiger partial charge in [-0.1, -0.05) is 24.3 Å². The summed E-state index contributed by atoms with van der Waals surface area (Å²) < 4.78 is 1.10. The zero-order chi connectivity index (χ0) is 22.9. The fraction of sp³-hybridized carbons (Fsp3) is 0.280. The van der Waals surface area contributed by atoms with Crippen molar-refractivity contribution in [2.75, 3.05) is 18.0 Å². The van der Waals surface area contributed by atoms with Crippen molar-refractivity contribution in [1.29, 1.82) is 0 Å². The average Bonchev–Trinajstić information content (AvgIpc) is 3.51. The SMILES string of the molecule is Cc1nc(-c2ccc(CCNC(=O)C3CC(=O)N(c4ccc5sc(C)nc5c4)C3)cc2)cs1. The lowest BCUT2D eigenvalue weighted by Gasteiger charge is -2.16. The van der Waals surface area contributed by atoms with Crippen molar-refractivity contribution in [3.05, 3.63) is 63.4 Å². The van der Waals surface area contributed by atoms with Crippen molar-refractivity contribution in [2.24, 2.45) is 5.92 Å². The second-order valence-corrected chi connectivity index (χ2v) is 10.6. The molecule has 2 aromatic carbocycles. The fourth-order valence-corrected chi connectivity index (χ4v) is 5.57. The molecule has 33 heavy (non-hydrogen) atoms. The van der Waals surface area contributed by atoms with Crippen LogP contribution in [-0.2, 0) is 16.0 Å². The van der Waals surface area contributed by atoms with Crippen molar-refractivity contribution in [3.63, 3.8) is 0 Å². The minimum atomic E-state index is -0.333. The summed E-state index contributed by atoms with van der Waals surface area (Å²) in [5.41, 5.74) is 4.96. The van der Waals surface area contributed by atoms with Gasteiger partial charge in [-0.05, 0) is 44.0 Å². The summed E-state index contributed by atoms with van der Waals surface area (Å²) in [6.07, 6.45) is 0.980. The molecule has 8 heteroatoms. The van der Waals surface area contributed by atoms with Gasteiger partial charge < -0.3 is 10.2 Å². The van der Waals surface area contributed by atoms with Crippen molar-refractivity contribution in [1.82, 2.24) is 15.3 Å². The first-order valence-electron chi connectivity index (χ1n) is 10.9. The summed E-state index contributed by atoms with van der Waals surface area (Å²) >= 11 is 3.28. The Hall–Kier alpha value is -3.10. The predicted molar refractivity (Wildman–Crippen MR) is 134 cm³/mol. The van der Waals surface area contributed by atoms with E-state index < -0.39 is 0 Å². The minimum Gasteiger partial charge on any atom is -0.355 e. The monoisotopic (exact) mass is 476 g/mol. The Morgan fingerprint density at radius 2 is 1.94 bits per heavy atom. The second-order valence-electron chi connectivity index (χ2n) is 8.28. The van der Waals surface area contributed by atoms with Gasteiger partial charge in [-0.2, -0.15) is 0 Å². The lowest BCUT2D eigenvalue weighted by Crippen LogP contribution is -2.34. The molecule has 0 aliphatic carbocycles. The Bertz CT molecular complexity index is 1330. The van der Waals surface area contributed by atoms with Crippen LogP contribution < -0.4 is 10.2 Å². The molecule has 2 aromatic heterocycles. The first kappa shape index (κ1) is 21.7. The Balaban J connectivity index is 1.15. The molecule has 6 nitrogen and oxygen atoms in total. The molecular weight excluding hydrogens is 452 g/mol. The van der Waals surface area contributed by atoms with E-state index in [2.05, 4.69) is 44.9 Å². The number of benzene rings is 2. The summed E-state index contributed by atoms with van der Waals surface area (Å²) in [6.45, 7) is 4.92. The van der Waals surface area contributed by atoms with E-state index in [4.69, 9.17) is 0 Å². The average molecular weight is 477 g/mol. The maximum absolute atomic E-state index is 12.7. The highest BCUT2D eigenvalue weighted by atomic mass is 32.1. The molecule has 2 amide bonds. The molecule has 0 saturated carbocycles. The van der Waals surface area contributed by atoms with Gasteiger partial charge in [0.15, 0.2) is 0 Å². The van der Waals surface area contributed by atoms with Gasteiger partial charge in [0, 0.05) is 36.1 Å². The van der Waals surface area contributed by atoms with Gasteiger partial charge in [0.05, 0.1) is 31.8 Å². The van der Waals surface area contributed by atoms with Gasteiger partial charge in [0.25, 0.3) is 0 Å². The van der Waals surface area contributed by atoms with E-state index in [1.54, 1.807) is 27.6 Å². The van der Waals surface area contributed by atoms with E-state index in [1.165, 1.54) is 0 Å². The van der Waals surface area contributed by atoms with Crippen LogP contribution in [0.4, 0.5) is 5.69 Å². The fourth-order valence-electron chi connectivity index (χ4n) is 4.14. The number of nitrogens with one attached hydrogen (secondary N) is 1. The maximum atomic E-state index is 12.7. The van der Waals surface area contributed by atoms with E-state index in [9.17, 15) is 9.59 Å². The number of thiazole rings is 2. The van der Waals surface area contributed by atoms with Gasteiger partial charge in [-0.25, -0.2) is 9.97 Å². The number of rotatable bonds is 6. The quantitative estimate of drug-likeness (QED) is 0.436. The Morgan fingerprint density at radius 1 is 1.12 bits per heavy atom. The summed E-state index contributed by atoms with van der Waals surface area (Å²) in [5, 5.41) is 7.13. The number of aromatic nitrogens is 2. The maximum Gasteiger partial charge on any atom is 0.227 e. The van der Waals surface area contributed by atoms with E-state index in [1.807, 2.05) is 32.0 Å². The van der Waals surface area contributed by atoms with E-state index in [0.29, 0.717) is 13.1 Å². The lowest BCUT2D eigenvalue weighted by atomic mass is 10.1. The predicted octanol–water partition coefficient (Wildman–Crippen LogP) is 4.75.